The quantitative estimate of drug-likeness (QED) is 0.885. The number of carbonyl (C=O) groups is 3. The van der Waals surface area contributed by atoms with Crippen molar-refractivity contribution in [1.29, 1.82) is 0 Å². The molecule has 0 saturated carbocycles. The molecule has 0 radical (unpaired) electrons. The molecule has 0 atom stereocenters. The van der Waals surface area contributed by atoms with Crippen LogP contribution in [0.15, 0.2) is 18.2 Å². The van der Waals surface area contributed by atoms with Crippen LogP contribution in [0.3, 0.4) is 0 Å². The molecule has 2 amide bonds. The number of carboxylic acids is 1. The fourth-order valence-corrected chi connectivity index (χ4v) is 1.76. The number of ether oxygens (including phenoxy) is 2. The molecule has 0 unspecified atom stereocenters. The fourth-order valence-electron chi connectivity index (χ4n) is 1.76. The summed E-state index contributed by atoms with van der Waals surface area (Å²) in [5.74, 6) is -1.61. The zero-order valence-electron chi connectivity index (χ0n) is 10.8. The normalized spacial score (nSPS) is 14.1. The summed E-state index contributed by atoms with van der Waals surface area (Å²) >= 11 is 0. The minimum atomic E-state index is -1.15. The number of aryl methyl sites for hydroxylation is 1. The van der Waals surface area contributed by atoms with Gasteiger partial charge in [0.2, 0.25) is 0 Å². The van der Waals surface area contributed by atoms with Crippen molar-refractivity contribution < 1.29 is 29.0 Å². The maximum Gasteiger partial charge on any atom is 0.416 e. The number of benzene rings is 1. The third kappa shape index (κ3) is 2.87. The molecule has 1 saturated heterocycles. The summed E-state index contributed by atoms with van der Waals surface area (Å²) in [5.41, 5.74) is 0.769. The molecule has 0 spiro atoms. The molecule has 0 aliphatic carbocycles. The van der Waals surface area contributed by atoms with Gasteiger partial charge in [-0.05, 0) is 24.6 Å². The number of hydrogen-bond donors (Lipinski definition) is 1. The van der Waals surface area contributed by atoms with Gasteiger partial charge < -0.3 is 14.6 Å². The topological polar surface area (TPSA) is 93.1 Å². The lowest BCUT2D eigenvalue weighted by molar-refractivity contribution is -0.129. The lowest BCUT2D eigenvalue weighted by Gasteiger charge is -2.13. The largest absolute Gasteiger partial charge is 0.483 e. The van der Waals surface area contributed by atoms with Crippen molar-refractivity contribution >= 4 is 18.0 Å². The molecule has 0 aromatic heterocycles. The average molecular weight is 279 g/mol. The first-order chi connectivity index (χ1) is 9.49. The summed E-state index contributed by atoms with van der Waals surface area (Å²) in [6, 6.07) is 4.57. The fraction of sp³-hybridized carbons (Fsp3) is 0.308. The van der Waals surface area contributed by atoms with Gasteiger partial charge in [-0.3, -0.25) is 4.79 Å². The Labute approximate surface area is 114 Å². The highest BCUT2D eigenvalue weighted by molar-refractivity contribution is 5.94. The minimum absolute atomic E-state index is 0.0348. The van der Waals surface area contributed by atoms with Gasteiger partial charge in [-0.25, -0.2) is 14.5 Å². The maximum absolute atomic E-state index is 11.7. The van der Waals surface area contributed by atoms with Gasteiger partial charge in [-0.15, -0.1) is 0 Å². The van der Waals surface area contributed by atoms with Crippen LogP contribution in [-0.2, 0) is 9.53 Å². The molecule has 1 fully saturated rings. The Bertz CT molecular complexity index is 568. The second kappa shape index (κ2) is 5.60. The average Bonchev–Trinajstić information content (AvgIpc) is 2.82. The molecule has 0 bridgehead atoms. The van der Waals surface area contributed by atoms with Crippen LogP contribution in [-0.4, -0.2) is 47.7 Å². The Morgan fingerprint density at radius 2 is 2.20 bits per heavy atom. The number of amides is 2. The van der Waals surface area contributed by atoms with Crippen LogP contribution in [0.4, 0.5) is 4.79 Å². The third-order valence-corrected chi connectivity index (χ3v) is 2.78. The second-order valence-electron chi connectivity index (χ2n) is 4.25. The Hall–Kier alpha value is -2.57. The van der Waals surface area contributed by atoms with E-state index in [0.717, 1.165) is 10.5 Å². The van der Waals surface area contributed by atoms with E-state index >= 15 is 0 Å². The summed E-state index contributed by atoms with van der Waals surface area (Å²) in [6.45, 7) is 1.70. The van der Waals surface area contributed by atoms with Gasteiger partial charge in [-0.2, -0.15) is 0 Å². The molecule has 106 valence electrons. The zero-order chi connectivity index (χ0) is 14.7. The van der Waals surface area contributed by atoms with E-state index in [0.29, 0.717) is 0 Å². The van der Waals surface area contributed by atoms with Gasteiger partial charge in [0.15, 0.2) is 6.61 Å². The van der Waals surface area contributed by atoms with Gasteiger partial charge in [0.05, 0.1) is 6.54 Å². The van der Waals surface area contributed by atoms with Crippen molar-refractivity contribution in [3.63, 3.8) is 0 Å². The van der Waals surface area contributed by atoms with Crippen LogP contribution in [0, 0.1) is 6.92 Å². The highest BCUT2D eigenvalue weighted by atomic mass is 16.6. The SMILES string of the molecule is Cc1ccc(C(=O)O)c(OCC(=O)N2CCOC2=O)c1. The molecule has 2 rings (SSSR count). The molecule has 1 aromatic rings. The van der Waals surface area contributed by atoms with E-state index < -0.39 is 24.6 Å². The van der Waals surface area contributed by atoms with Crippen LogP contribution in [0.2, 0.25) is 0 Å². The van der Waals surface area contributed by atoms with Crippen LogP contribution in [0.1, 0.15) is 15.9 Å². The zero-order valence-corrected chi connectivity index (χ0v) is 10.8. The first-order valence-electron chi connectivity index (χ1n) is 5.93. The number of cyclic esters (lactones) is 1. The Balaban J connectivity index is 2.07. The van der Waals surface area contributed by atoms with Crippen molar-refractivity contribution in [3.05, 3.63) is 29.3 Å². The number of nitrogens with zero attached hydrogens (tertiary/aromatic N) is 1. The second-order valence-corrected chi connectivity index (χ2v) is 4.25. The van der Waals surface area contributed by atoms with Crippen LogP contribution in [0.5, 0.6) is 5.75 Å². The monoisotopic (exact) mass is 279 g/mol. The molecule has 7 heteroatoms. The molecule has 1 aliphatic heterocycles. The predicted molar refractivity (Wildman–Crippen MR) is 66.7 cm³/mol. The molecule has 20 heavy (non-hydrogen) atoms. The Morgan fingerprint density at radius 3 is 2.80 bits per heavy atom. The molecular formula is C13H13NO6. The highest BCUT2D eigenvalue weighted by Gasteiger charge is 2.28. The maximum atomic E-state index is 11.7. The molecule has 1 heterocycles. The number of rotatable bonds is 4. The van der Waals surface area contributed by atoms with Crippen LogP contribution < -0.4 is 4.74 Å². The first-order valence-corrected chi connectivity index (χ1v) is 5.93. The van der Waals surface area contributed by atoms with Crippen molar-refractivity contribution in [2.24, 2.45) is 0 Å². The number of carboxylic acid groups (broad SMARTS) is 1. The standard InChI is InChI=1S/C13H13NO6/c1-8-2-3-9(12(16)17)10(6-8)20-7-11(15)14-4-5-19-13(14)18/h2-3,6H,4-5,7H2,1H3,(H,16,17). The van der Waals surface area contributed by atoms with Gasteiger partial charge >= 0.3 is 12.1 Å². The number of hydrogen-bond acceptors (Lipinski definition) is 5. The van der Waals surface area contributed by atoms with Crippen molar-refractivity contribution in [1.82, 2.24) is 4.90 Å². The Morgan fingerprint density at radius 1 is 1.45 bits per heavy atom. The van der Waals surface area contributed by atoms with E-state index in [1.807, 2.05) is 0 Å². The van der Waals surface area contributed by atoms with E-state index in [4.69, 9.17) is 9.84 Å². The Kier molecular flexibility index (Phi) is 3.88. The number of imide groups is 1. The highest BCUT2D eigenvalue weighted by Crippen LogP contribution is 2.20. The van der Waals surface area contributed by atoms with Crippen LogP contribution >= 0.6 is 0 Å². The van der Waals surface area contributed by atoms with E-state index in [-0.39, 0.29) is 24.5 Å². The van der Waals surface area contributed by atoms with Crippen LogP contribution in [0.25, 0.3) is 0 Å². The van der Waals surface area contributed by atoms with Crippen molar-refractivity contribution in [3.8, 4) is 5.75 Å². The van der Waals surface area contributed by atoms with E-state index in [2.05, 4.69) is 4.74 Å². The lowest BCUT2D eigenvalue weighted by atomic mass is 10.1. The van der Waals surface area contributed by atoms with Crippen molar-refractivity contribution in [2.45, 2.75) is 6.92 Å². The lowest BCUT2D eigenvalue weighted by Crippen LogP contribution is -2.35. The van der Waals surface area contributed by atoms with Gasteiger partial charge in [0.1, 0.15) is 17.9 Å². The number of carbonyl (C=O) groups excluding carboxylic acids is 2. The minimum Gasteiger partial charge on any atom is -0.483 e. The van der Waals surface area contributed by atoms with Crippen molar-refractivity contribution in [2.75, 3.05) is 19.8 Å². The smallest absolute Gasteiger partial charge is 0.416 e. The third-order valence-electron chi connectivity index (χ3n) is 2.78. The molecule has 1 aliphatic rings. The predicted octanol–water partition coefficient (Wildman–Crippen LogP) is 1.05. The summed E-state index contributed by atoms with van der Waals surface area (Å²) in [7, 11) is 0. The summed E-state index contributed by atoms with van der Waals surface area (Å²) in [6.07, 6.45) is -0.707. The number of aromatic carboxylic acids is 1. The summed E-state index contributed by atoms with van der Waals surface area (Å²) in [5, 5.41) is 9.03. The summed E-state index contributed by atoms with van der Waals surface area (Å²) in [4.78, 5) is 34.9. The van der Waals surface area contributed by atoms with Gasteiger partial charge in [0.25, 0.3) is 5.91 Å². The van der Waals surface area contributed by atoms with Gasteiger partial charge in [0, 0.05) is 0 Å². The van der Waals surface area contributed by atoms with Gasteiger partial charge in [-0.1, -0.05) is 6.07 Å². The molecular weight excluding hydrogens is 266 g/mol. The van der Waals surface area contributed by atoms with E-state index in [9.17, 15) is 14.4 Å². The molecule has 1 N–H and O–H groups in total. The van der Waals surface area contributed by atoms with E-state index in [1.54, 1.807) is 13.0 Å². The van der Waals surface area contributed by atoms with E-state index in [1.165, 1.54) is 12.1 Å². The molecule has 1 aromatic carbocycles. The summed E-state index contributed by atoms with van der Waals surface area (Å²) < 4.78 is 9.86. The molecule has 7 nitrogen and oxygen atoms in total. The first kappa shape index (κ1) is 13.9.